The van der Waals surface area contributed by atoms with E-state index in [0.717, 1.165) is 41.6 Å². The van der Waals surface area contributed by atoms with E-state index in [1.54, 1.807) is 6.92 Å². The van der Waals surface area contributed by atoms with Gasteiger partial charge in [0.05, 0.1) is 19.1 Å². The molecule has 29 heavy (non-hydrogen) atoms. The molecule has 0 saturated carbocycles. The van der Waals surface area contributed by atoms with E-state index < -0.39 is 0 Å². The zero-order valence-corrected chi connectivity index (χ0v) is 17.8. The summed E-state index contributed by atoms with van der Waals surface area (Å²) in [6.45, 7) is 8.14. The van der Waals surface area contributed by atoms with Crippen molar-refractivity contribution >= 4 is 17.7 Å². The van der Waals surface area contributed by atoms with Crippen molar-refractivity contribution in [1.82, 2.24) is 9.97 Å². The first kappa shape index (κ1) is 22.6. The maximum absolute atomic E-state index is 11.6. The molecule has 7 heteroatoms. The highest BCUT2D eigenvalue weighted by Crippen LogP contribution is 2.26. The largest absolute Gasteiger partial charge is 0.466 e. The van der Waals surface area contributed by atoms with Crippen molar-refractivity contribution in [2.45, 2.75) is 65.8 Å². The molecule has 0 aliphatic rings. The SMILES string of the molecule is CCCCC(C)N(O)c1nc(N)nc(C)c1Cc1ccc(CC(=O)OCC)cc1. The van der Waals surface area contributed by atoms with E-state index in [1.807, 2.05) is 38.1 Å². The molecule has 0 aliphatic heterocycles. The Bertz CT molecular complexity index is 808. The molecule has 2 aromatic rings. The Labute approximate surface area is 172 Å². The van der Waals surface area contributed by atoms with Crippen LogP contribution in [0.1, 0.15) is 62.4 Å². The first-order valence-electron chi connectivity index (χ1n) is 10.2. The van der Waals surface area contributed by atoms with Gasteiger partial charge in [-0.05, 0) is 38.3 Å². The van der Waals surface area contributed by atoms with Crippen LogP contribution in [0.2, 0.25) is 0 Å². The van der Waals surface area contributed by atoms with Crippen LogP contribution in [-0.4, -0.2) is 33.8 Å². The first-order chi connectivity index (χ1) is 13.8. The summed E-state index contributed by atoms with van der Waals surface area (Å²) in [5, 5.41) is 12.0. The predicted molar refractivity (Wildman–Crippen MR) is 114 cm³/mol. The molecular formula is C22H32N4O3. The van der Waals surface area contributed by atoms with Crippen LogP contribution in [-0.2, 0) is 22.4 Å². The number of anilines is 2. The number of rotatable bonds is 10. The van der Waals surface area contributed by atoms with Gasteiger partial charge in [0.1, 0.15) is 0 Å². The van der Waals surface area contributed by atoms with Crippen LogP contribution >= 0.6 is 0 Å². The number of nitrogens with zero attached hydrogens (tertiary/aromatic N) is 3. The number of benzene rings is 1. The maximum atomic E-state index is 11.6. The van der Waals surface area contributed by atoms with Gasteiger partial charge in [-0.15, -0.1) is 0 Å². The van der Waals surface area contributed by atoms with Gasteiger partial charge in [0, 0.05) is 17.7 Å². The molecule has 0 radical (unpaired) electrons. The number of aryl methyl sites for hydroxylation is 1. The van der Waals surface area contributed by atoms with E-state index in [4.69, 9.17) is 10.5 Å². The Morgan fingerprint density at radius 3 is 2.48 bits per heavy atom. The van der Waals surface area contributed by atoms with Gasteiger partial charge >= 0.3 is 5.97 Å². The lowest BCUT2D eigenvalue weighted by Crippen LogP contribution is -2.32. The summed E-state index contributed by atoms with van der Waals surface area (Å²) in [4.78, 5) is 20.2. The van der Waals surface area contributed by atoms with E-state index in [9.17, 15) is 10.0 Å². The number of nitrogen functional groups attached to an aromatic ring is 1. The van der Waals surface area contributed by atoms with Crippen molar-refractivity contribution in [3.05, 3.63) is 46.6 Å². The molecule has 0 aliphatic carbocycles. The zero-order chi connectivity index (χ0) is 21.4. The van der Waals surface area contributed by atoms with Gasteiger partial charge in [-0.3, -0.25) is 10.0 Å². The van der Waals surface area contributed by atoms with Crippen LogP contribution < -0.4 is 10.8 Å². The van der Waals surface area contributed by atoms with Crippen molar-refractivity contribution in [1.29, 1.82) is 0 Å². The average molecular weight is 401 g/mol. The smallest absolute Gasteiger partial charge is 0.310 e. The van der Waals surface area contributed by atoms with Crippen LogP contribution in [0.3, 0.4) is 0 Å². The molecule has 2 rings (SSSR count). The predicted octanol–water partition coefficient (Wildman–Crippen LogP) is 3.84. The molecule has 1 atom stereocenters. The van der Waals surface area contributed by atoms with Gasteiger partial charge in [0.15, 0.2) is 5.82 Å². The Hall–Kier alpha value is -2.67. The summed E-state index contributed by atoms with van der Waals surface area (Å²) < 4.78 is 4.99. The van der Waals surface area contributed by atoms with Crippen LogP contribution in [0.4, 0.5) is 11.8 Å². The number of carbonyl (C=O) groups is 1. The minimum Gasteiger partial charge on any atom is -0.466 e. The second-order valence-corrected chi connectivity index (χ2v) is 7.28. The summed E-state index contributed by atoms with van der Waals surface area (Å²) in [5.41, 5.74) is 9.35. The molecule has 0 fully saturated rings. The van der Waals surface area contributed by atoms with Gasteiger partial charge in [0.2, 0.25) is 5.95 Å². The summed E-state index contributed by atoms with van der Waals surface area (Å²) in [6, 6.07) is 7.70. The average Bonchev–Trinajstić information content (AvgIpc) is 2.68. The van der Waals surface area contributed by atoms with Gasteiger partial charge in [0.25, 0.3) is 0 Å². The third-order valence-corrected chi connectivity index (χ3v) is 4.88. The molecule has 1 aromatic carbocycles. The second-order valence-electron chi connectivity index (χ2n) is 7.28. The second kappa shape index (κ2) is 10.8. The molecule has 0 spiro atoms. The van der Waals surface area contributed by atoms with Gasteiger partial charge in [-0.1, -0.05) is 44.0 Å². The molecule has 0 saturated heterocycles. The fraction of sp³-hybridized carbons (Fsp3) is 0.500. The number of hydroxylamine groups is 1. The topological polar surface area (TPSA) is 102 Å². The Balaban J connectivity index is 2.22. The van der Waals surface area contributed by atoms with E-state index >= 15 is 0 Å². The zero-order valence-electron chi connectivity index (χ0n) is 17.8. The number of unbranched alkanes of at least 4 members (excludes halogenated alkanes) is 1. The summed E-state index contributed by atoms with van der Waals surface area (Å²) in [5.74, 6) is 0.365. The van der Waals surface area contributed by atoms with Gasteiger partial charge in [-0.25, -0.2) is 10.0 Å². The summed E-state index contributed by atoms with van der Waals surface area (Å²) in [6.07, 6.45) is 3.75. The quantitative estimate of drug-likeness (QED) is 0.461. The van der Waals surface area contributed by atoms with Crippen molar-refractivity contribution < 1.29 is 14.7 Å². The molecular weight excluding hydrogens is 368 g/mol. The molecule has 1 aromatic heterocycles. The Morgan fingerprint density at radius 1 is 1.21 bits per heavy atom. The number of esters is 1. The van der Waals surface area contributed by atoms with Crippen molar-refractivity contribution in [3.63, 3.8) is 0 Å². The lowest BCUT2D eigenvalue weighted by molar-refractivity contribution is -0.142. The first-order valence-corrected chi connectivity index (χ1v) is 10.2. The minimum atomic E-state index is -0.234. The molecule has 3 N–H and O–H groups in total. The van der Waals surface area contributed by atoms with Gasteiger partial charge < -0.3 is 10.5 Å². The van der Waals surface area contributed by atoms with Gasteiger partial charge in [-0.2, -0.15) is 4.98 Å². The van der Waals surface area contributed by atoms with Crippen molar-refractivity contribution in [2.24, 2.45) is 0 Å². The third-order valence-electron chi connectivity index (χ3n) is 4.88. The number of hydrogen-bond donors (Lipinski definition) is 2. The van der Waals surface area contributed by atoms with E-state index in [0.29, 0.717) is 18.8 Å². The fourth-order valence-corrected chi connectivity index (χ4v) is 3.19. The fourth-order valence-electron chi connectivity index (χ4n) is 3.19. The van der Waals surface area contributed by atoms with Crippen molar-refractivity contribution in [2.75, 3.05) is 17.4 Å². The Morgan fingerprint density at radius 2 is 1.86 bits per heavy atom. The molecule has 1 heterocycles. The van der Waals surface area contributed by atoms with Crippen LogP contribution in [0.25, 0.3) is 0 Å². The maximum Gasteiger partial charge on any atom is 0.310 e. The van der Waals surface area contributed by atoms with Crippen molar-refractivity contribution in [3.8, 4) is 0 Å². The summed E-state index contributed by atoms with van der Waals surface area (Å²) >= 11 is 0. The molecule has 1 unspecified atom stereocenters. The number of hydrogen-bond acceptors (Lipinski definition) is 7. The molecule has 0 amide bonds. The minimum absolute atomic E-state index is 0.0747. The highest BCUT2D eigenvalue weighted by molar-refractivity contribution is 5.72. The normalized spacial score (nSPS) is 11.9. The van der Waals surface area contributed by atoms with Crippen LogP contribution in [0.5, 0.6) is 0 Å². The number of nitrogens with two attached hydrogens (primary N) is 1. The standard InChI is InChI=1S/C22H32N4O3/c1-5-7-8-15(3)26(28)21-19(16(4)24-22(23)25-21)13-17-9-11-18(12-10-17)14-20(27)29-6-2/h9-12,15,28H,5-8,13-14H2,1-4H3,(H2,23,24,25). The van der Waals surface area contributed by atoms with E-state index in [1.165, 1.54) is 5.06 Å². The van der Waals surface area contributed by atoms with Crippen LogP contribution in [0.15, 0.2) is 24.3 Å². The van der Waals surface area contributed by atoms with E-state index in [-0.39, 0.29) is 24.4 Å². The highest BCUT2D eigenvalue weighted by atomic mass is 16.5. The highest BCUT2D eigenvalue weighted by Gasteiger charge is 2.20. The molecule has 0 bridgehead atoms. The Kier molecular flexibility index (Phi) is 8.39. The monoisotopic (exact) mass is 400 g/mol. The number of aromatic nitrogens is 2. The lowest BCUT2D eigenvalue weighted by Gasteiger charge is -2.26. The third kappa shape index (κ3) is 6.42. The molecule has 158 valence electrons. The molecule has 7 nitrogen and oxygen atoms in total. The lowest BCUT2D eigenvalue weighted by atomic mass is 10.0. The van der Waals surface area contributed by atoms with Crippen LogP contribution in [0, 0.1) is 6.92 Å². The van der Waals surface area contributed by atoms with E-state index in [2.05, 4.69) is 16.9 Å². The number of carbonyl (C=O) groups excluding carboxylic acids is 1. The number of ether oxygens (including phenoxy) is 1. The summed E-state index contributed by atoms with van der Waals surface area (Å²) in [7, 11) is 0.